The summed E-state index contributed by atoms with van der Waals surface area (Å²) >= 11 is 0. The van der Waals surface area contributed by atoms with Crippen molar-refractivity contribution in [1.29, 1.82) is 0 Å². The number of rotatable bonds is 7. The summed E-state index contributed by atoms with van der Waals surface area (Å²) in [5.41, 5.74) is 6.87. The third-order valence-corrected chi connectivity index (χ3v) is 3.19. The Labute approximate surface area is 110 Å². The van der Waals surface area contributed by atoms with Crippen LogP contribution in [0.5, 0.6) is 5.88 Å². The Kier molecular flexibility index (Phi) is 5.56. The van der Waals surface area contributed by atoms with E-state index in [4.69, 9.17) is 10.5 Å². The molecular weight excluding hydrogens is 226 g/mol. The second-order valence-electron chi connectivity index (χ2n) is 5.11. The van der Waals surface area contributed by atoms with E-state index in [1.807, 2.05) is 18.2 Å². The second kappa shape index (κ2) is 6.71. The lowest BCUT2D eigenvalue weighted by atomic mass is 10.0. The molecule has 0 aliphatic heterocycles. The molecule has 4 heteroatoms. The standard InChI is InChI=1S/C14H25N3O/c1-5-9-17(14(2,3)11-15)10-12-7-6-8-13(16-12)18-4/h6-8H,5,9-11,15H2,1-4H3. The van der Waals surface area contributed by atoms with Gasteiger partial charge in [0.25, 0.3) is 0 Å². The van der Waals surface area contributed by atoms with Gasteiger partial charge in [0.2, 0.25) is 5.88 Å². The molecule has 0 aliphatic rings. The third-order valence-electron chi connectivity index (χ3n) is 3.19. The normalized spacial score (nSPS) is 11.9. The largest absolute Gasteiger partial charge is 0.481 e. The first kappa shape index (κ1) is 14.9. The minimum Gasteiger partial charge on any atom is -0.481 e. The van der Waals surface area contributed by atoms with E-state index in [-0.39, 0.29) is 5.54 Å². The molecule has 2 N–H and O–H groups in total. The number of pyridine rings is 1. The smallest absolute Gasteiger partial charge is 0.213 e. The first-order valence-corrected chi connectivity index (χ1v) is 6.48. The zero-order valence-electron chi connectivity index (χ0n) is 11.9. The number of aromatic nitrogens is 1. The molecule has 0 bridgehead atoms. The van der Waals surface area contributed by atoms with Crippen molar-refractivity contribution in [2.75, 3.05) is 20.2 Å². The van der Waals surface area contributed by atoms with Crippen molar-refractivity contribution in [1.82, 2.24) is 9.88 Å². The first-order valence-electron chi connectivity index (χ1n) is 6.48. The number of nitrogens with two attached hydrogens (primary N) is 1. The molecule has 0 spiro atoms. The van der Waals surface area contributed by atoms with Crippen molar-refractivity contribution in [3.05, 3.63) is 23.9 Å². The van der Waals surface area contributed by atoms with Gasteiger partial charge < -0.3 is 10.5 Å². The predicted molar refractivity (Wildman–Crippen MR) is 74.6 cm³/mol. The predicted octanol–water partition coefficient (Wildman–Crippen LogP) is 2.04. The van der Waals surface area contributed by atoms with Crippen LogP contribution in [0.1, 0.15) is 32.9 Å². The summed E-state index contributed by atoms with van der Waals surface area (Å²) in [6.07, 6.45) is 1.10. The molecule has 0 amide bonds. The molecule has 1 heterocycles. The van der Waals surface area contributed by atoms with E-state index in [0.717, 1.165) is 25.2 Å². The van der Waals surface area contributed by atoms with Gasteiger partial charge in [-0.25, -0.2) is 4.98 Å². The highest BCUT2D eigenvalue weighted by Gasteiger charge is 2.24. The number of hydrogen-bond acceptors (Lipinski definition) is 4. The fourth-order valence-electron chi connectivity index (χ4n) is 1.85. The lowest BCUT2D eigenvalue weighted by Crippen LogP contribution is -2.49. The van der Waals surface area contributed by atoms with E-state index in [2.05, 4.69) is 30.7 Å². The van der Waals surface area contributed by atoms with Crippen molar-refractivity contribution in [3.63, 3.8) is 0 Å². The molecule has 1 aromatic rings. The molecule has 0 saturated carbocycles. The third kappa shape index (κ3) is 3.96. The Hall–Kier alpha value is -1.13. The SMILES string of the molecule is CCCN(Cc1cccc(OC)n1)C(C)(C)CN. The van der Waals surface area contributed by atoms with Gasteiger partial charge in [-0.05, 0) is 32.9 Å². The van der Waals surface area contributed by atoms with Crippen LogP contribution < -0.4 is 10.5 Å². The van der Waals surface area contributed by atoms with Gasteiger partial charge in [0.15, 0.2) is 0 Å². The molecule has 0 aliphatic carbocycles. The first-order chi connectivity index (χ1) is 8.53. The van der Waals surface area contributed by atoms with Gasteiger partial charge in [0, 0.05) is 24.7 Å². The van der Waals surface area contributed by atoms with Crippen LogP contribution in [-0.4, -0.2) is 35.6 Å². The zero-order chi connectivity index (χ0) is 13.6. The summed E-state index contributed by atoms with van der Waals surface area (Å²) in [4.78, 5) is 6.83. The molecule has 1 rings (SSSR count). The molecule has 0 aromatic carbocycles. The summed E-state index contributed by atoms with van der Waals surface area (Å²) in [5.74, 6) is 0.662. The number of hydrogen-bond donors (Lipinski definition) is 1. The van der Waals surface area contributed by atoms with E-state index in [9.17, 15) is 0 Å². The fraction of sp³-hybridized carbons (Fsp3) is 0.643. The Balaban J connectivity index is 2.82. The molecule has 0 unspecified atom stereocenters. The van der Waals surface area contributed by atoms with E-state index in [0.29, 0.717) is 12.4 Å². The van der Waals surface area contributed by atoms with Crippen molar-refractivity contribution in [3.8, 4) is 5.88 Å². The number of methoxy groups -OCH3 is 1. The molecule has 0 radical (unpaired) electrons. The number of nitrogens with zero attached hydrogens (tertiary/aromatic N) is 2. The summed E-state index contributed by atoms with van der Waals surface area (Å²) < 4.78 is 5.15. The Bertz CT molecular complexity index is 366. The van der Waals surface area contributed by atoms with Crippen molar-refractivity contribution in [2.45, 2.75) is 39.3 Å². The minimum atomic E-state index is -0.0131. The monoisotopic (exact) mass is 251 g/mol. The molecule has 0 atom stereocenters. The quantitative estimate of drug-likeness (QED) is 0.805. The van der Waals surface area contributed by atoms with E-state index >= 15 is 0 Å². The molecule has 102 valence electrons. The van der Waals surface area contributed by atoms with Crippen LogP contribution in [0.25, 0.3) is 0 Å². The molecule has 1 aromatic heterocycles. The Morgan fingerprint density at radius 2 is 2.11 bits per heavy atom. The van der Waals surface area contributed by atoms with Crippen LogP contribution in [0, 0.1) is 0 Å². The van der Waals surface area contributed by atoms with Gasteiger partial charge in [-0.2, -0.15) is 0 Å². The van der Waals surface area contributed by atoms with Crippen LogP contribution in [0.3, 0.4) is 0 Å². The molecule has 0 saturated heterocycles. The second-order valence-corrected chi connectivity index (χ2v) is 5.11. The van der Waals surface area contributed by atoms with Gasteiger partial charge in [0.1, 0.15) is 0 Å². The topological polar surface area (TPSA) is 51.4 Å². The van der Waals surface area contributed by atoms with E-state index < -0.39 is 0 Å². The maximum absolute atomic E-state index is 5.86. The zero-order valence-corrected chi connectivity index (χ0v) is 11.9. The van der Waals surface area contributed by atoms with Crippen molar-refractivity contribution in [2.24, 2.45) is 5.73 Å². The van der Waals surface area contributed by atoms with Crippen LogP contribution in [-0.2, 0) is 6.54 Å². The van der Waals surface area contributed by atoms with Crippen LogP contribution in [0.15, 0.2) is 18.2 Å². The summed E-state index contributed by atoms with van der Waals surface area (Å²) in [5, 5.41) is 0. The lowest BCUT2D eigenvalue weighted by molar-refractivity contribution is 0.116. The van der Waals surface area contributed by atoms with Gasteiger partial charge in [-0.3, -0.25) is 4.90 Å². The molecule has 4 nitrogen and oxygen atoms in total. The highest BCUT2D eigenvalue weighted by Crippen LogP contribution is 2.17. The maximum atomic E-state index is 5.86. The molecule has 18 heavy (non-hydrogen) atoms. The van der Waals surface area contributed by atoms with Gasteiger partial charge in [-0.1, -0.05) is 13.0 Å². The maximum Gasteiger partial charge on any atom is 0.213 e. The fourth-order valence-corrected chi connectivity index (χ4v) is 1.85. The summed E-state index contributed by atoms with van der Waals surface area (Å²) in [6, 6.07) is 5.86. The van der Waals surface area contributed by atoms with Crippen LogP contribution >= 0.6 is 0 Å². The number of ether oxygens (including phenoxy) is 1. The van der Waals surface area contributed by atoms with Crippen molar-refractivity contribution >= 4 is 0 Å². The Morgan fingerprint density at radius 1 is 1.39 bits per heavy atom. The average Bonchev–Trinajstić information content (AvgIpc) is 2.38. The lowest BCUT2D eigenvalue weighted by Gasteiger charge is -2.37. The van der Waals surface area contributed by atoms with Gasteiger partial charge >= 0.3 is 0 Å². The molecule has 0 fully saturated rings. The van der Waals surface area contributed by atoms with Crippen LogP contribution in [0.2, 0.25) is 0 Å². The highest BCUT2D eigenvalue weighted by molar-refractivity contribution is 5.15. The van der Waals surface area contributed by atoms with Gasteiger partial charge in [-0.15, -0.1) is 0 Å². The molecular formula is C14H25N3O. The van der Waals surface area contributed by atoms with E-state index in [1.54, 1.807) is 7.11 Å². The van der Waals surface area contributed by atoms with Crippen molar-refractivity contribution < 1.29 is 4.74 Å². The average molecular weight is 251 g/mol. The highest BCUT2D eigenvalue weighted by atomic mass is 16.5. The summed E-state index contributed by atoms with van der Waals surface area (Å²) in [7, 11) is 1.64. The minimum absolute atomic E-state index is 0.0131. The van der Waals surface area contributed by atoms with E-state index in [1.165, 1.54) is 0 Å². The summed E-state index contributed by atoms with van der Waals surface area (Å²) in [6.45, 7) is 8.97. The Morgan fingerprint density at radius 3 is 2.67 bits per heavy atom. The van der Waals surface area contributed by atoms with Crippen LogP contribution in [0.4, 0.5) is 0 Å². The van der Waals surface area contributed by atoms with Gasteiger partial charge in [0.05, 0.1) is 12.8 Å².